The number of aliphatic carboxylic acids is 1. The number of halogens is 2. The second-order valence-corrected chi connectivity index (χ2v) is 7.72. The van der Waals surface area contributed by atoms with Crippen LogP contribution in [0.1, 0.15) is 17.0 Å². The molecule has 28 heavy (non-hydrogen) atoms. The highest BCUT2D eigenvalue weighted by molar-refractivity contribution is 9.10. The molecule has 0 fully saturated rings. The Morgan fingerprint density at radius 3 is 2.61 bits per heavy atom. The zero-order valence-electron chi connectivity index (χ0n) is 14.9. The van der Waals surface area contributed by atoms with Crippen LogP contribution < -0.4 is 10.2 Å². The Morgan fingerprint density at radius 1 is 1.32 bits per heavy atom. The fourth-order valence-electron chi connectivity index (χ4n) is 2.03. The van der Waals surface area contributed by atoms with Crippen LogP contribution in [0.3, 0.4) is 0 Å². The van der Waals surface area contributed by atoms with Gasteiger partial charge in [-0.05, 0) is 53.5 Å². The monoisotopic (exact) mass is 486 g/mol. The number of hydrazone groups is 1. The van der Waals surface area contributed by atoms with Crippen molar-refractivity contribution in [3.05, 3.63) is 44.6 Å². The van der Waals surface area contributed by atoms with Crippen molar-refractivity contribution in [1.82, 2.24) is 15.4 Å². The maximum atomic E-state index is 11.9. The van der Waals surface area contributed by atoms with Crippen LogP contribution in [0.5, 0.6) is 5.75 Å². The molecule has 11 heteroatoms. The maximum absolute atomic E-state index is 11.9. The molecule has 1 aromatic carbocycles. The van der Waals surface area contributed by atoms with E-state index in [1.807, 2.05) is 19.9 Å². The van der Waals surface area contributed by atoms with Gasteiger partial charge in [-0.2, -0.15) is 5.10 Å². The minimum absolute atomic E-state index is 0.118. The first-order valence-corrected chi connectivity index (χ1v) is 10.0. The average Bonchev–Trinajstić information content (AvgIpc) is 2.58. The number of rotatable bonds is 8. The Hall–Kier alpha value is -2.17. The molecule has 0 spiro atoms. The van der Waals surface area contributed by atoms with E-state index in [-0.39, 0.29) is 22.4 Å². The lowest BCUT2D eigenvalue weighted by atomic mass is 10.2. The van der Waals surface area contributed by atoms with Gasteiger partial charge in [0.05, 0.1) is 21.5 Å². The fourth-order valence-corrected chi connectivity index (χ4v) is 3.76. The highest BCUT2D eigenvalue weighted by atomic mass is 79.9. The topological polar surface area (TPSA) is 114 Å². The summed E-state index contributed by atoms with van der Waals surface area (Å²) in [5.41, 5.74) is 4.68. The predicted octanol–water partition coefficient (Wildman–Crippen LogP) is 3.22. The van der Waals surface area contributed by atoms with Crippen molar-refractivity contribution in [1.29, 1.82) is 0 Å². The molecule has 2 rings (SSSR count). The van der Waals surface area contributed by atoms with Gasteiger partial charge in [-0.3, -0.25) is 4.79 Å². The Balaban J connectivity index is 1.91. The van der Waals surface area contributed by atoms with Crippen LogP contribution in [-0.2, 0) is 9.59 Å². The Morgan fingerprint density at radius 2 is 2.00 bits per heavy atom. The van der Waals surface area contributed by atoms with Crippen LogP contribution in [0.2, 0.25) is 5.02 Å². The molecule has 2 N–H and O–H groups in total. The van der Waals surface area contributed by atoms with E-state index in [2.05, 4.69) is 36.4 Å². The average molecular weight is 488 g/mol. The first kappa shape index (κ1) is 22.1. The molecule has 0 aliphatic carbocycles. The van der Waals surface area contributed by atoms with Gasteiger partial charge in [0.25, 0.3) is 5.91 Å². The third-order valence-electron chi connectivity index (χ3n) is 3.06. The number of carboxylic acid groups (broad SMARTS) is 1. The molecule has 2 aromatic rings. The number of hydrogen-bond donors (Lipinski definition) is 2. The van der Waals surface area contributed by atoms with Gasteiger partial charge < -0.3 is 9.84 Å². The highest BCUT2D eigenvalue weighted by Crippen LogP contribution is 2.34. The summed E-state index contributed by atoms with van der Waals surface area (Å²) in [7, 11) is 0. The van der Waals surface area contributed by atoms with Crippen molar-refractivity contribution in [3.63, 3.8) is 0 Å². The lowest BCUT2D eigenvalue weighted by molar-refractivity contribution is -0.139. The smallest absolute Gasteiger partial charge is 0.341 e. The zero-order valence-corrected chi connectivity index (χ0v) is 18.1. The van der Waals surface area contributed by atoms with Crippen LogP contribution in [0.25, 0.3) is 0 Å². The van der Waals surface area contributed by atoms with E-state index in [4.69, 9.17) is 21.4 Å². The number of hydrogen-bond acceptors (Lipinski definition) is 7. The molecular formula is C17H16BrClN4O4S. The number of nitrogens with one attached hydrogen (secondary N) is 1. The van der Waals surface area contributed by atoms with Gasteiger partial charge in [0.1, 0.15) is 0 Å². The van der Waals surface area contributed by atoms with Crippen molar-refractivity contribution in [2.45, 2.75) is 19.0 Å². The second kappa shape index (κ2) is 10.4. The summed E-state index contributed by atoms with van der Waals surface area (Å²) in [5, 5.41) is 13.3. The molecule has 8 nitrogen and oxygen atoms in total. The van der Waals surface area contributed by atoms with Crippen LogP contribution in [0.4, 0.5) is 0 Å². The van der Waals surface area contributed by atoms with Gasteiger partial charge in [-0.15, -0.1) is 0 Å². The van der Waals surface area contributed by atoms with Gasteiger partial charge in [0.2, 0.25) is 0 Å². The summed E-state index contributed by atoms with van der Waals surface area (Å²) in [6.07, 6.45) is 1.41. The largest absolute Gasteiger partial charge is 0.479 e. The fraction of sp³-hybridized carbons (Fsp3) is 0.235. The summed E-state index contributed by atoms with van der Waals surface area (Å²) in [5.74, 6) is -1.08. The number of carboxylic acids is 1. The number of aromatic nitrogens is 2. The summed E-state index contributed by atoms with van der Waals surface area (Å²) < 4.78 is 5.58. The van der Waals surface area contributed by atoms with E-state index in [1.54, 1.807) is 6.07 Å². The quantitative estimate of drug-likeness (QED) is 0.254. The number of carbonyl (C=O) groups excluding carboxylic acids is 1. The van der Waals surface area contributed by atoms with E-state index in [0.29, 0.717) is 15.2 Å². The van der Waals surface area contributed by atoms with Crippen molar-refractivity contribution in [2.75, 3.05) is 12.4 Å². The second-order valence-electron chi connectivity index (χ2n) is 5.51. The van der Waals surface area contributed by atoms with E-state index in [0.717, 1.165) is 11.4 Å². The summed E-state index contributed by atoms with van der Waals surface area (Å²) in [6, 6.07) is 5.03. The molecule has 0 aliphatic rings. The number of amides is 1. The number of ether oxygens (including phenoxy) is 1. The molecule has 148 valence electrons. The van der Waals surface area contributed by atoms with Gasteiger partial charge >= 0.3 is 5.97 Å². The highest BCUT2D eigenvalue weighted by Gasteiger charge is 2.11. The molecule has 1 amide bonds. The van der Waals surface area contributed by atoms with Crippen molar-refractivity contribution in [3.8, 4) is 5.75 Å². The number of carbonyl (C=O) groups is 2. The Labute approximate surface area is 178 Å². The van der Waals surface area contributed by atoms with Crippen molar-refractivity contribution >= 4 is 57.4 Å². The van der Waals surface area contributed by atoms with E-state index in [1.165, 1.54) is 24.0 Å². The van der Waals surface area contributed by atoms with Crippen molar-refractivity contribution < 1.29 is 19.4 Å². The third kappa shape index (κ3) is 7.10. The first-order chi connectivity index (χ1) is 13.2. The van der Waals surface area contributed by atoms with E-state index < -0.39 is 12.6 Å². The molecule has 0 saturated heterocycles. The minimum Gasteiger partial charge on any atom is -0.479 e. The number of nitrogens with zero attached hydrogens (tertiary/aromatic N) is 3. The summed E-state index contributed by atoms with van der Waals surface area (Å²) >= 11 is 10.6. The third-order valence-corrected chi connectivity index (χ3v) is 4.77. The SMILES string of the molecule is Cc1cc(C)nc(SCC(=O)N/N=C\c2cc(Cl)c(OCC(=O)O)c(Br)c2)n1. The van der Waals surface area contributed by atoms with Gasteiger partial charge in [0, 0.05) is 11.4 Å². The summed E-state index contributed by atoms with van der Waals surface area (Å²) in [6.45, 7) is 3.22. The van der Waals surface area contributed by atoms with Crippen LogP contribution >= 0.6 is 39.3 Å². The molecule has 0 aliphatic heterocycles. The molecule has 1 heterocycles. The maximum Gasteiger partial charge on any atom is 0.341 e. The molecular weight excluding hydrogens is 472 g/mol. The predicted molar refractivity (Wildman–Crippen MR) is 110 cm³/mol. The number of aryl methyl sites for hydroxylation is 2. The standard InChI is InChI=1S/C17H16BrClN4O4S/c1-9-3-10(2)22-17(21-9)28-8-14(24)23-20-6-11-4-12(18)16(13(19)5-11)27-7-15(25)26/h3-6H,7-8H2,1-2H3,(H,23,24)(H,25,26)/b20-6-. The normalized spacial score (nSPS) is 10.9. The van der Waals surface area contributed by atoms with Gasteiger partial charge in [0.15, 0.2) is 17.5 Å². The number of benzene rings is 1. The van der Waals surface area contributed by atoms with Gasteiger partial charge in [-0.25, -0.2) is 20.2 Å². The van der Waals surface area contributed by atoms with Gasteiger partial charge in [-0.1, -0.05) is 23.4 Å². The summed E-state index contributed by atoms with van der Waals surface area (Å²) in [4.78, 5) is 31.0. The van der Waals surface area contributed by atoms with Crippen LogP contribution in [0.15, 0.2) is 32.9 Å². The van der Waals surface area contributed by atoms with E-state index >= 15 is 0 Å². The molecule has 0 unspecified atom stereocenters. The molecule has 0 atom stereocenters. The molecule has 0 saturated carbocycles. The molecule has 0 radical (unpaired) electrons. The Kier molecular flexibility index (Phi) is 8.21. The van der Waals surface area contributed by atoms with Crippen LogP contribution in [0, 0.1) is 13.8 Å². The molecule has 0 bridgehead atoms. The first-order valence-electron chi connectivity index (χ1n) is 7.85. The van der Waals surface area contributed by atoms with E-state index in [9.17, 15) is 9.59 Å². The zero-order chi connectivity index (χ0) is 20.7. The minimum atomic E-state index is -1.11. The Bertz CT molecular complexity index is 883. The lowest BCUT2D eigenvalue weighted by Crippen LogP contribution is -2.19. The number of thioether (sulfide) groups is 1. The molecule has 1 aromatic heterocycles. The van der Waals surface area contributed by atoms with Crippen molar-refractivity contribution in [2.24, 2.45) is 5.10 Å². The lowest BCUT2D eigenvalue weighted by Gasteiger charge is -2.09. The van der Waals surface area contributed by atoms with Crippen LogP contribution in [-0.4, -0.2) is 45.5 Å².